The standard InChI is InChI=1S/C30H38ClN3O3/c1-21(2)17-34(18-22-15-26(31)29-28(16-22)36-13-6-14-37-29)30(35)24-8-5-11-33(20-24)19-23-7-4-9-27-25(23)10-12-32(27)3/h4,7,9-10,12,15-16,21,24H,5-6,8,11,13-14,17-20H2,1-3H3/t24-/m1/s1. The Bertz CT molecular complexity index is 1250. The molecule has 1 saturated heterocycles. The van der Waals surface area contributed by atoms with E-state index in [1.807, 2.05) is 17.0 Å². The summed E-state index contributed by atoms with van der Waals surface area (Å²) >= 11 is 6.56. The lowest BCUT2D eigenvalue weighted by molar-refractivity contribution is -0.138. The molecule has 3 aromatic rings. The van der Waals surface area contributed by atoms with E-state index >= 15 is 0 Å². The van der Waals surface area contributed by atoms with Crippen molar-refractivity contribution in [2.45, 2.75) is 46.2 Å². The molecule has 0 N–H and O–H groups in total. The maximum absolute atomic E-state index is 13.9. The number of hydrogen-bond donors (Lipinski definition) is 0. The van der Waals surface area contributed by atoms with E-state index in [1.165, 1.54) is 16.5 Å². The van der Waals surface area contributed by atoms with Gasteiger partial charge in [-0.2, -0.15) is 0 Å². The summed E-state index contributed by atoms with van der Waals surface area (Å²) < 4.78 is 13.8. The van der Waals surface area contributed by atoms with Crippen LogP contribution in [0.5, 0.6) is 11.5 Å². The van der Waals surface area contributed by atoms with Crippen molar-refractivity contribution in [3.8, 4) is 11.5 Å². The average molecular weight is 524 g/mol. The summed E-state index contributed by atoms with van der Waals surface area (Å²) in [7, 11) is 2.08. The van der Waals surface area contributed by atoms with Crippen molar-refractivity contribution < 1.29 is 14.3 Å². The van der Waals surface area contributed by atoms with E-state index < -0.39 is 0 Å². The molecule has 5 rings (SSSR count). The molecule has 0 saturated carbocycles. The lowest BCUT2D eigenvalue weighted by atomic mass is 9.95. The van der Waals surface area contributed by atoms with Crippen LogP contribution in [-0.4, -0.2) is 53.1 Å². The third-order valence-corrected chi connectivity index (χ3v) is 7.68. The minimum Gasteiger partial charge on any atom is -0.489 e. The van der Waals surface area contributed by atoms with Crippen LogP contribution in [0.1, 0.15) is 44.2 Å². The molecule has 0 radical (unpaired) electrons. The fourth-order valence-electron chi connectivity index (χ4n) is 5.67. The first kappa shape index (κ1) is 25.9. The number of nitrogens with zero attached hydrogens (tertiary/aromatic N) is 3. The molecule has 0 aliphatic carbocycles. The van der Waals surface area contributed by atoms with Gasteiger partial charge in [0, 0.05) is 56.7 Å². The molecule has 37 heavy (non-hydrogen) atoms. The van der Waals surface area contributed by atoms with Gasteiger partial charge in [0.1, 0.15) is 0 Å². The summed E-state index contributed by atoms with van der Waals surface area (Å²) in [5.74, 6) is 1.89. The van der Waals surface area contributed by atoms with Crippen molar-refractivity contribution >= 4 is 28.4 Å². The fraction of sp³-hybridized carbons (Fsp3) is 0.500. The second kappa shape index (κ2) is 11.4. The topological polar surface area (TPSA) is 46.9 Å². The fourth-order valence-corrected chi connectivity index (χ4v) is 5.96. The number of carbonyl (C=O) groups excluding carboxylic acids is 1. The molecule has 0 bridgehead atoms. The summed E-state index contributed by atoms with van der Waals surface area (Å²) in [6.07, 6.45) is 4.91. The van der Waals surface area contributed by atoms with Gasteiger partial charge in [0.05, 0.1) is 24.2 Å². The second-order valence-corrected chi connectivity index (χ2v) is 11.3. The van der Waals surface area contributed by atoms with Crippen molar-refractivity contribution in [2.24, 2.45) is 18.9 Å². The molecule has 2 aliphatic rings. The molecule has 1 atom stereocenters. The first-order valence-electron chi connectivity index (χ1n) is 13.5. The second-order valence-electron chi connectivity index (χ2n) is 10.9. The van der Waals surface area contributed by atoms with Crippen LogP contribution in [0.15, 0.2) is 42.6 Å². The smallest absolute Gasteiger partial charge is 0.227 e. The molecular weight excluding hydrogens is 486 g/mol. The Balaban J connectivity index is 1.31. The Morgan fingerprint density at radius 3 is 2.84 bits per heavy atom. The van der Waals surface area contributed by atoms with E-state index in [2.05, 4.69) is 60.8 Å². The van der Waals surface area contributed by atoms with E-state index in [1.54, 1.807) is 0 Å². The average Bonchev–Trinajstić information content (AvgIpc) is 3.09. The molecule has 1 fully saturated rings. The highest BCUT2D eigenvalue weighted by atomic mass is 35.5. The molecule has 6 nitrogen and oxygen atoms in total. The number of benzene rings is 2. The van der Waals surface area contributed by atoms with Crippen molar-refractivity contribution in [3.63, 3.8) is 0 Å². The van der Waals surface area contributed by atoms with Crippen LogP contribution in [0.4, 0.5) is 0 Å². The third-order valence-electron chi connectivity index (χ3n) is 7.40. The predicted molar refractivity (Wildman–Crippen MR) is 148 cm³/mol. The number of carbonyl (C=O) groups is 1. The zero-order chi connectivity index (χ0) is 25.9. The number of aromatic nitrogens is 1. The van der Waals surface area contributed by atoms with Crippen molar-refractivity contribution in [2.75, 3.05) is 32.8 Å². The van der Waals surface area contributed by atoms with E-state index in [0.717, 1.165) is 44.5 Å². The molecule has 2 aliphatic heterocycles. The van der Waals surface area contributed by atoms with Gasteiger partial charge in [-0.25, -0.2) is 0 Å². The number of ether oxygens (including phenoxy) is 2. The van der Waals surface area contributed by atoms with Crippen LogP contribution in [0, 0.1) is 11.8 Å². The number of piperidine rings is 1. The number of fused-ring (bicyclic) bond motifs is 2. The molecule has 7 heteroatoms. The van der Waals surface area contributed by atoms with Crippen LogP contribution in [0.3, 0.4) is 0 Å². The summed E-state index contributed by atoms with van der Waals surface area (Å²) in [4.78, 5) is 18.4. The number of likely N-dealkylation sites (tertiary alicyclic amines) is 1. The summed E-state index contributed by atoms with van der Waals surface area (Å²) in [6.45, 7) is 9.44. The summed E-state index contributed by atoms with van der Waals surface area (Å²) in [5.41, 5.74) is 3.55. The molecule has 198 valence electrons. The number of aryl methyl sites for hydroxylation is 1. The maximum atomic E-state index is 13.9. The van der Waals surface area contributed by atoms with Gasteiger partial charge in [0.2, 0.25) is 5.91 Å². The third kappa shape index (κ3) is 5.91. The van der Waals surface area contributed by atoms with Gasteiger partial charge in [-0.05, 0) is 60.7 Å². The molecule has 1 amide bonds. The van der Waals surface area contributed by atoms with Crippen molar-refractivity contribution in [3.05, 3.63) is 58.7 Å². The maximum Gasteiger partial charge on any atom is 0.227 e. The van der Waals surface area contributed by atoms with E-state index in [4.69, 9.17) is 21.1 Å². The molecule has 1 aromatic heterocycles. The first-order chi connectivity index (χ1) is 17.9. The minimum absolute atomic E-state index is 0.00152. The van der Waals surface area contributed by atoms with Crippen LogP contribution >= 0.6 is 11.6 Å². The highest BCUT2D eigenvalue weighted by Crippen LogP contribution is 2.38. The van der Waals surface area contributed by atoms with Gasteiger partial charge < -0.3 is 18.9 Å². The SMILES string of the molecule is CC(C)CN(Cc1cc(Cl)c2c(c1)OCCCO2)C(=O)[C@@H]1CCCN(Cc2cccc3c2ccn3C)C1. The quantitative estimate of drug-likeness (QED) is 0.387. The predicted octanol–water partition coefficient (Wildman–Crippen LogP) is 5.89. The number of halogens is 1. The monoisotopic (exact) mass is 523 g/mol. The highest BCUT2D eigenvalue weighted by molar-refractivity contribution is 6.32. The van der Waals surface area contributed by atoms with Gasteiger partial charge in [-0.15, -0.1) is 0 Å². The Morgan fingerprint density at radius 1 is 1.16 bits per heavy atom. The summed E-state index contributed by atoms with van der Waals surface area (Å²) in [5, 5.41) is 1.84. The Labute approximate surface area is 225 Å². The van der Waals surface area contributed by atoms with E-state index in [9.17, 15) is 4.79 Å². The van der Waals surface area contributed by atoms with Crippen LogP contribution in [0.25, 0.3) is 10.9 Å². The zero-order valence-corrected chi connectivity index (χ0v) is 23.0. The number of amides is 1. The first-order valence-corrected chi connectivity index (χ1v) is 13.9. The molecule has 3 heterocycles. The van der Waals surface area contributed by atoms with E-state index in [0.29, 0.717) is 48.7 Å². The highest BCUT2D eigenvalue weighted by Gasteiger charge is 2.30. The number of rotatable bonds is 7. The van der Waals surface area contributed by atoms with Crippen molar-refractivity contribution in [1.82, 2.24) is 14.4 Å². The van der Waals surface area contributed by atoms with Crippen LogP contribution in [-0.2, 0) is 24.9 Å². The Hall–Kier alpha value is -2.70. The molecule has 2 aromatic carbocycles. The van der Waals surface area contributed by atoms with Crippen LogP contribution < -0.4 is 9.47 Å². The molecular formula is C30H38ClN3O3. The zero-order valence-electron chi connectivity index (χ0n) is 22.2. The van der Waals surface area contributed by atoms with Gasteiger partial charge in [-0.3, -0.25) is 9.69 Å². The molecule has 0 unspecified atom stereocenters. The largest absolute Gasteiger partial charge is 0.489 e. The lowest BCUT2D eigenvalue weighted by Gasteiger charge is -2.36. The van der Waals surface area contributed by atoms with Gasteiger partial charge in [-0.1, -0.05) is 37.6 Å². The lowest BCUT2D eigenvalue weighted by Crippen LogP contribution is -2.45. The van der Waals surface area contributed by atoms with Crippen LogP contribution in [0.2, 0.25) is 5.02 Å². The summed E-state index contributed by atoms with van der Waals surface area (Å²) in [6, 6.07) is 12.6. The minimum atomic E-state index is -0.00152. The van der Waals surface area contributed by atoms with Gasteiger partial charge in [0.15, 0.2) is 11.5 Å². The van der Waals surface area contributed by atoms with Gasteiger partial charge in [0.25, 0.3) is 0 Å². The Morgan fingerprint density at radius 2 is 2.00 bits per heavy atom. The van der Waals surface area contributed by atoms with E-state index in [-0.39, 0.29) is 11.8 Å². The normalized spacial score (nSPS) is 18.2. The number of hydrogen-bond acceptors (Lipinski definition) is 4. The van der Waals surface area contributed by atoms with Gasteiger partial charge >= 0.3 is 0 Å². The molecule has 0 spiro atoms. The van der Waals surface area contributed by atoms with Crippen molar-refractivity contribution in [1.29, 1.82) is 0 Å². The Kier molecular flexibility index (Phi) is 7.96.